The van der Waals surface area contributed by atoms with E-state index in [1.54, 1.807) is 36.8 Å². The molecule has 2 unspecified atom stereocenters. The van der Waals surface area contributed by atoms with Crippen molar-refractivity contribution >= 4 is 56.2 Å². The van der Waals surface area contributed by atoms with Crippen LogP contribution in [-0.4, -0.2) is 38.5 Å². The molecule has 10 heteroatoms. The van der Waals surface area contributed by atoms with E-state index < -0.39 is 24.4 Å². The molecular weight excluding hydrogens is 669 g/mol. The quantitative estimate of drug-likeness (QED) is 0.0588. The maximum atomic E-state index is 12.9. The predicted molar refractivity (Wildman–Crippen MR) is 200 cm³/mol. The Hall–Kier alpha value is -5.00. The van der Waals surface area contributed by atoms with Crippen LogP contribution in [0.15, 0.2) is 132 Å². The molecule has 0 saturated carbocycles. The number of hydrogen-bond acceptors (Lipinski definition) is 10. The third kappa shape index (κ3) is 8.96. The lowest BCUT2D eigenvalue weighted by Gasteiger charge is -2.24. The van der Waals surface area contributed by atoms with E-state index in [1.165, 1.54) is 0 Å². The second kappa shape index (κ2) is 17.1. The lowest BCUT2D eigenvalue weighted by Crippen LogP contribution is -2.34. The molecule has 4 atom stereocenters. The molecule has 0 spiro atoms. The average Bonchev–Trinajstić information content (AvgIpc) is 3.89. The van der Waals surface area contributed by atoms with Crippen molar-refractivity contribution in [2.75, 3.05) is 14.1 Å². The minimum atomic E-state index is -0.687. The van der Waals surface area contributed by atoms with Gasteiger partial charge in [-0.15, -0.1) is 22.7 Å². The summed E-state index contributed by atoms with van der Waals surface area (Å²) in [6.07, 6.45) is 0.691. The van der Waals surface area contributed by atoms with Crippen molar-refractivity contribution in [1.82, 2.24) is 10.6 Å². The smallest absolute Gasteiger partial charge is 0.332 e. The van der Waals surface area contributed by atoms with Gasteiger partial charge >= 0.3 is 11.9 Å². The Balaban J connectivity index is 1.07. The Kier molecular flexibility index (Phi) is 11.9. The minimum Gasteiger partial charge on any atom is -0.484 e. The average molecular weight is 707 g/mol. The fourth-order valence-electron chi connectivity index (χ4n) is 5.63. The van der Waals surface area contributed by atoms with E-state index in [1.807, 2.05) is 120 Å². The lowest BCUT2D eigenvalue weighted by molar-refractivity contribution is -0.148. The molecule has 0 bridgehead atoms. The molecule has 0 radical (unpaired) electrons. The number of benzene rings is 4. The van der Waals surface area contributed by atoms with Crippen molar-refractivity contribution in [3.05, 3.63) is 142 Å². The zero-order chi connectivity index (χ0) is 34.7. The van der Waals surface area contributed by atoms with Gasteiger partial charge in [0.15, 0.2) is 12.5 Å². The number of esters is 2. The second-order valence-corrected chi connectivity index (χ2v) is 13.4. The van der Waals surface area contributed by atoms with Gasteiger partial charge in [-0.3, -0.25) is 10.6 Å². The van der Waals surface area contributed by atoms with E-state index in [0.717, 1.165) is 55.0 Å². The normalized spacial score (nSPS) is 13.9. The van der Waals surface area contributed by atoms with E-state index in [9.17, 15) is 9.59 Å². The lowest BCUT2D eigenvalue weighted by atomic mass is 10.1. The largest absolute Gasteiger partial charge is 0.484 e. The minimum absolute atomic E-state index is 0.340. The standard InChI is InChI=1S/C40H38N2O6S2/c1-41-37(25-33(35-19-9-23-49-35)45-31-17-7-13-27-11-3-5-15-29(27)31)47-39(43)21-22-40(44)48-38(42-2)26-34(36-20-10-24-50-36)46-32-18-8-14-28-12-4-6-16-30(28)32/h3-24,33-34,37-38,41-42H,25-26H2,1-2H3/b22-21-/t33-,34-,37?,38?/m0/s1. The Bertz CT molecular complexity index is 1870. The van der Waals surface area contributed by atoms with Gasteiger partial charge in [0.05, 0.1) is 0 Å². The summed E-state index contributed by atoms with van der Waals surface area (Å²) in [4.78, 5) is 27.8. The van der Waals surface area contributed by atoms with Crippen LogP contribution in [0.3, 0.4) is 0 Å². The first kappa shape index (κ1) is 34.8. The monoisotopic (exact) mass is 706 g/mol. The fraction of sp³-hybridized carbons (Fsp3) is 0.200. The Morgan fingerprint density at radius 1 is 0.580 bits per heavy atom. The van der Waals surface area contributed by atoms with Gasteiger partial charge in [-0.25, -0.2) is 9.59 Å². The summed E-state index contributed by atoms with van der Waals surface area (Å²) in [6.45, 7) is 0. The number of carbonyl (C=O) groups is 2. The van der Waals surface area contributed by atoms with Gasteiger partial charge in [-0.05, 0) is 59.9 Å². The number of rotatable bonds is 16. The Morgan fingerprint density at radius 3 is 1.40 bits per heavy atom. The summed E-state index contributed by atoms with van der Waals surface area (Å²) in [5, 5.41) is 14.2. The van der Waals surface area contributed by atoms with Crippen LogP contribution in [-0.2, 0) is 19.1 Å². The van der Waals surface area contributed by atoms with E-state index in [-0.39, 0.29) is 12.2 Å². The molecular formula is C40H38N2O6S2. The van der Waals surface area contributed by atoms with Crippen molar-refractivity contribution in [1.29, 1.82) is 0 Å². The third-order valence-electron chi connectivity index (χ3n) is 8.13. The van der Waals surface area contributed by atoms with Gasteiger partial charge in [0.25, 0.3) is 0 Å². The molecule has 4 aromatic carbocycles. The maximum Gasteiger partial charge on any atom is 0.332 e. The van der Waals surface area contributed by atoms with Crippen molar-refractivity contribution in [2.45, 2.75) is 37.5 Å². The van der Waals surface area contributed by atoms with Crippen molar-refractivity contribution in [3.63, 3.8) is 0 Å². The second-order valence-electron chi connectivity index (χ2n) is 11.4. The number of fused-ring (bicyclic) bond motifs is 2. The summed E-state index contributed by atoms with van der Waals surface area (Å²) in [6, 6.07) is 35.9. The molecule has 2 heterocycles. The molecule has 0 amide bonds. The highest BCUT2D eigenvalue weighted by Crippen LogP contribution is 2.35. The van der Waals surface area contributed by atoms with Crippen LogP contribution >= 0.6 is 22.7 Å². The molecule has 0 saturated heterocycles. The molecule has 2 aromatic heterocycles. The molecule has 0 fully saturated rings. The Morgan fingerprint density at radius 2 is 1.00 bits per heavy atom. The van der Waals surface area contributed by atoms with Gasteiger partial charge in [-0.2, -0.15) is 0 Å². The molecule has 256 valence electrons. The van der Waals surface area contributed by atoms with Crippen LogP contribution in [0.25, 0.3) is 21.5 Å². The van der Waals surface area contributed by atoms with Crippen LogP contribution < -0.4 is 20.1 Å². The SMILES string of the molecule is CNC(C[C@H](Oc1cccc2ccccc12)c1cccs1)OC(=O)/C=C\C(=O)OC(C[C@H](Oc1cccc2ccccc12)c1cccs1)NC. The Labute approximate surface area is 299 Å². The van der Waals surface area contributed by atoms with Gasteiger partial charge in [-0.1, -0.05) is 84.9 Å². The first-order valence-corrected chi connectivity index (χ1v) is 18.1. The molecule has 6 aromatic rings. The van der Waals surface area contributed by atoms with Crippen molar-refractivity contribution in [3.8, 4) is 11.5 Å². The third-order valence-corrected chi connectivity index (χ3v) is 10.1. The highest BCUT2D eigenvalue weighted by Gasteiger charge is 2.25. The summed E-state index contributed by atoms with van der Waals surface area (Å²) in [5.41, 5.74) is 0. The van der Waals surface area contributed by atoms with E-state index in [0.29, 0.717) is 12.8 Å². The number of carbonyl (C=O) groups excluding carboxylic acids is 2. The van der Waals surface area contributed by atoms with Crippen LogP contribution in [0.1, 0.15) is 34.8 Å². The van der Waals surface area contributed by atoms with Gasteiger partial charge < -0.3 is 18.9 Å². The number of ether oxygens (including phenoxy) is 4. The fourth-order valence-corrected chi connectivity index (χ4v) is 7.17. The number of nitrogens with one attached hydrogen (secondary N) is 2. The van der Waals surface area contributed by atoms with Crippen molar-refractivity contribution < 1.29 is 28.5 Å². The number of thiophene rings is 2. The highest BCUT2D eigenvalue weighted by atomic mass is 32.1. The topological polar surface area (TPSA) is 95.1 Å². The predicted octanol–water partition coefficient (Wildman–Crippen LogP) is 8.57. The van der Waals surface area contributed by atoms with Gasteiger partial charge in [0.1, 0.15) is 23.7 Å². The van der Waals surface area contributed by atoms with Gasteiger partial charge in [0, 0.05) is 45.5 Å². The molecule has 50 heavy (non-hydrogen) atoms. The molecule has 6 rings (SSSR count). The molecule has 0 aliphatic heterocycles. The van der Waals surface area contributed by atoms with E-state index in [4.69, 9.17) is 18.9 Å². The molecule has 8 nitrogen and oxygen atoms in total. The van der Waals surface area contributed by atoms with Crippen LogP contribution in [0.4, 0.5) is 0 Å². The van der Waals surface area contributed by atoms with E-state index in [2.05, 4.69) is 10.6 Å². The van der Waals surface area contributed by atoms with Crippen LogP contribution in [0, 0.1) is 0 Å². The molecule has 0 aliphatic carbocycles. The maximum absolute atomic E-state index is 12.9. The van der Waals surface area contributed by atoms with E-state index >= 15 is 0 Å². The first-order chi connectivity index (χ1) is 24.5. The summed E-state index contributed by atoms with van der Waals surface area (Å²) < 4.78 is 24.4. The molecule has 0 aliphatic rings. The zero-order valence-electron chi connectivity index (χ0n) is 27.7. The first-order valence-electron chi connectivity index (χ1n) is 16.3. The summed E-state index contributed by atoms with van der Waals surface area (Å²) in [5.74, 6) is 0.114. The summed E-state index contributed by atoms with van der Waals surface area (Å²) in [7, 11) is 3.42. The highest BCUT2D eigenvalue weighted by molar-refractivity contribution is 7.10. The summed E-state index contributed by atoms with van der Waals surface area (Å²) >= 11 is 3.14. The molecule has 2 N–H and O–H groups in total. The van der Waals surface area contributed by atoms with Crippen LogP contribution in [0.2, 0.25) is 0 Å². The van der Waals surface area contributed by atoms with Crippen molar-refractivity contribution in [2.24, 2.45) is 0 Å². The zero-order valence-corrected chi connectivity index (χ0v) is 29.3. The van der Waals surface area contributed by atoms with Crippen LogP contribution in [0.5, 0.6) is 11.5 Å². The number of hydrogen-bond donors (Lipinski definition) is 2. The van der Waals surface area contributed by atoms with Gasteiger partial charge in [0.2, 0.25) is 0 Å².